The number of H-pyrrole nitrogens is 4. The molecule has 5 N–H and O–H groups in total. The zero-order chi connectivity index (χ0) is 67.1. The summed E-state index contributed by atoms with van der Waals surface area (Å²) >= 11 is 0. The van der Waals surface area contributed by atoms with Gasteiger partial charge in [0.2, 0.25) is 20.0 Å². The summed E-state index contributed by atoms with van der Waals surface area (Å²) in [6.07, 6.45) is 25.1. The van der Waals surface area contributed by atoms with Gasteiger partial charge in [-0.05, 0) is 198 Å². The summed E-state index contributed by atoms with van der Waals surface area (Å²) in [6, 6.07) is 23.1. The summed E-state index contributed by atoms with van der Waals surface area (Å²) in [7, 11) is -3.36. The number of imidazole rings is 4. The number of aromatic amines is 4. The van der Waals surface area contributed by atoms with Crippen LogP contribution in [0.15, 0.2) is 123 Å². The van der Waals surface area contributed by atoms with Gasteiger partial charge in [0.15, 0.2) is 0 Å². The monoisotopic (exact) mass is 1340 g/mol. The molecule has 26 heteroatoms. The molecule has 1 fully saturated rings. The minimum Gasteiger partial charge on any atom is -0.493 e. The van der Waals surface area contributed by atoms with E-state index in [4.69, 9.17) is 23.7 Å². The molecular weight excluding hydrogens is 1250 g/mol. The van der Waals surface area contributed by atoms with Gasteiger partial charge in [-0.3, -0.25) is 18.3 Å². The Hall–Kier alpha value is -9.14. The second-order valence-corrected chi connectivity index (χ2v) is 27.7. The summed E-state index contributed by atoms with van der Waals surface area (Å²) in [5, 5.41) is 2.46. The molecule has 3 atom stereocenters. The lowest BCUT2D eigenvalue weighted by atomic mass is 9.89. The Morgan fingerprint density at radius 3 is 1.42 bits per heavy atom. The van der Waals surface area contributed by atoms with Crippen molar-refractivity contribution >= 4 is 66.4 Å². The molecule has 3 amide bonds. The number of likely N-dealkylation sites (N-methyl/N-ethyl adjacent to an activating group) is 1. The number of carbonyl (C=O) groups excluding carboxylic acids is 2. The van der Waals surface area contributed by atoms with E-state index in [1.54, 1.807) is 52.7 Å². The Morgan fingerprint density at radius 1 is 0.558 bits per heavy atom. The predicted molar refractivity (Wildman–Crippen MR) is 368 cm³/mol. The Kier molecular flexibility index (Phi) is 23.0. The van der Waals surface area contributed by atoms with Crippen molar-refractivity contribution < 1.29 is 50.1 Å². The average molecular weight is 1340 g/mol. The van der Waals surface area contributed by atoms with Gasteiger partial charge in [-0.15, -0.1) is 0 Å². The number of hydrogen-bond acceptors (Lipinski definition) is 15. The van der Waals surface area contributed by atoms with Crippen LogP contribution >= 0.6 is 0 Å². The predicted octanol–water partition coefficient (Wildman–Crippen LogP) is 10.6. The summed E-state index contributed by atoms with van der Waals surface area (Å²) in [4.78, 5) is 56.5. The van der Waals surface area contributed by atoms with E-state index < -0.39 is 20.0 Å². The number of amides is 3. The van der Waals surface area contributed by atoms with Gasteiger partial charge in [0.05, 0.1) is 86.5 Å². The van der Waals surface area contributed by atoms with Crippen LogP contribution in [0.4, 0.5) is 27.5 Å². The minimum atomic E-state index is -3.29. The highest BCUT2D eigenvalue weighted by Crippen LogP contribution is 2.43. The molecule has 24 nitrogen and oxygen atoms in total. The summed E-state index contributed by atoms with van der Waals surface area (Å²) in [6.45, 7) is 12.5. The lowest BCUT2D eigenvalue weighted by Crippen LogP contribution is -2.38. The van der Waals surface area contributed by atoms with Crippen LogP contribution in [0.1, 0.15) is 129 Å². The normalized spacial score (nSPS) is 17.2. The van der Waals surface area contributed by atoms with Crippen LogP contribution in [0, 0.1) is 0 Å². The maximum absolute atomic E-state index is 12.7. The lowest BCUT2D eigenvalue weighted by molar-refractivity contribution is -0.122. The second kappa shape index (κ2) is 31.9. The van der Waals surface area contributed by atoms with Gasteiger partial charge in [-0.2, -0.15) is 0 Å². The number of nitrogens with zero attached hydrogens (tertiary/aromatic N) is 8. The highest BCUT2D eigenvalue weighted by molar-refractivity contribution is 7.93. The fourth-order valence-corrected chi connectivity index (χ4v) is 15.4. The van der Waals surface area contributed by atoms with Crippen LogP contribution < -0.4 is 42.7 Å². The smallest absolute Gasteiger partial charge is 0.321 e. The van der Waals surface area contributed by atoms with E-state index in [2.05, 4.69) is 57.3 Å². The van der Waals surface area contributed by atoms with Gasteiger partial charge >= 0.3 is 6.03 Å². The van der Waals surface area contributed by atoms with Crippen molar-refractivity contribution in [3.05, 3.63) is 168 Å². The molecule has 4 aliphatic heterocycles. The quantitative estimate of drug-likeness (QED) is 0.0474. The van der Waals surface area contributed by atoms with Crippen molar-refractivity contribution in [1.82, 2.24) is 45.2 Å². The van der Waals surface area contributed by atoms with E-state index >= 15 is 0 Å². The van der Waals surface area contributed by atoms with E-state index in [9.17, 15) is 26.4 Å². The van der Waals surface area contributed by atoms with E-state index in [1.165, 1.54) is 23.2 Å². The number of sulfonamides is 2. The number of aromatic nitrogens is 8. The van der Waals surface area contributed by atoms with Gasteiger partial charge in [-0.1, -0.05) is 0 Å². The van der Waals surface area contributed by atoms with Crippen LogP contribution in [-0.4, -0.2) is 154 Å². The zero-order valence-corrected chi connectivity index (χ0v) is 56.7. The minimum absolute atomic E-state index is 0.0400. The van der Waals surface area contributed by atoms with E-state index in [1.807, 2.05) is 113 Å². The molecule has 13 rings (SSSR count). The number of ether oxygens (including phenoxy) is 5. The van der Waals surface area contributed by atoms with Crippen LogP contribution in [-0.2, 0) is 48.8 Å². The van der Waals surface area contributed by atoms with Crippen LogP contribution in [0.25, 0.3) is 11.6 Å². The maximum atomic E-state index is 12.7. The van der Waals surface area contributed by atoms with E-state index in [-0.39, 0.29) is 29.7 Å². The Morgan fingerprint density at radius 2 is 1.00 bits per heavy atom. The first-order chi connectivity index (χ1) is 46.0. The fourth-order valence-electron chi connectivity index (χ4n) is 12.6. The standard InChI is InChI=1S/C18H23N3O3S.C18H23N3O3.C17H20N4O2.C16H21N3O3S/c1-2-21(25(22,23)16-4-5-16)15-3-6-18-17(10-15)13(7-8-24-18)9-14-11-19-12-20-14;1-3-21(18(22)11-23-2)15-4-5-17-16(9-15)13(6-7-24-17)8-14-10-19-12-20-14;1-3-21(17(22)18-2)14-4-5-16-15(9-14)12(6-7-23-16)8-13-10-19-11-20-13;1-3-19(23(2,20)21)14-4-5-16-15(9-14)12(6-7-22-16)8-13-10-17-11-18-13/h3,6,10-13,16H,2,4-5,7-9H2,1H3,(H,19,20);4-5,9-10,12-13H,3,6-8,11H2,1-2H3,(H,19,20);4-5,8-11H,3,6-7H2,1-2H3,(H,18,22)(H,19,20);4-5,9-12H,3,6-8H2,1-2H3,(H,17,18)/b;;12-8-;. The molecule has 8 aromatic rings. The van der Waals surface area contributed by atoms with Crippen molar-refractivity contribution in [3.8, 4) is 23.0 Å². The summed E-state index contributed by atoms with van der Waals surface area (Å²) < 4.78 is 80.3. The number of fused-ring (bicyclic) bond motifs is 4. The van der Waals surface area contributed by atoms with Crippen molar-refractivity contribution in [2.24, 2.45) is 0 Å². The highest BCUT2D eigenvalue weighted by atomic mass is 32.2. The van der Waals surface area contributed by atoms with Crippen molar-refractivity contribution in [3.63, 3.8) is 0 Å². The van der Waals surface area contributed by atoms with E-state index in [0.29, 0.717) is 70.1 Å². The van der Waals surface area contributed by atoms with Gasteiger partial charge < -0.3 is 53.8 Å². The third-order valence-corrected chi connectivity index (χ3v) is 21.1. The topological polar surface area (TPSA) is 288 Å². The number of benzene rings is 4. The lowest BCUT2D eigenvalue weighted by Gasteiger charge is -2.29. The van der Waals surface area contributed by atoms with Gasteiger partial charge in [-0.25, -0.2) is 41.6 Å². The number of hydrogen-bond donors (Lipinski definition) is 5. The molecule has 0 radical (unpaired) electrons. The van der Waals surface area contributed by atoms with Crippen molar-refractivity contribution in [2.45, 2.75) is 108 Å². The Balaban J connectivity index is 0.000000138. The van der Waals surface area contributed by atoms with Crippen molar-refractivity contribution in [2.75, 3.05) is 98.0 Å². The molecule has 3 unspecified atom stereocenters. The molecule has 95 heavy (non-hydrogen) atoms. The third kappa shape index (κ3) is 17.0. The van der Waals surface area contributed by atoms with Gasteiger partial charge in [0.25, 0.3) is 5.91 Å². The summed E-state index contributed by atoms with van der Waals surface area (Å²) in [5.74, 6) is 4.35. The molecule has 4 aromatic heterocycles. The molecule has 4 aromatic carbocycles. The Bertz CT molecular complexity index is 4070. The first-order valence-electron chi connectivity index (χ1n) is 32.5. The molecule has 5 aliphatic rings. The maximum Gasteiger partial charge on any atom is 0.321 e. The first kappa shape index (κ1) is 68.7. The highest BCUT2D eigenvalue weighted by Gasteiger charge is 2.40. The third-order valence-electron chi connectivity index (χ3n) is 17.4. The molecule has 8 heterocycles. The molecule has 0 spiro atoms. The molecular formula is C69H87N13O11S2. The Labute approximate surface area is 556 Å². The molecule has 0 saturated heterocycles. The number of anilines is 4. The number of methoxy groups -OCH3 is 1. The van der Waals surface area contributed by atoms with Crippen LogP contribution in [0.3, 0.4) is 0 Å². The fraction of sp³-hybridized carbons (Fsp3) is 0.420. The van der Waals surface area contributed by atoms with Gasteiger partial charge in [0.1, 0.15) is 29.6 Å². The molecule has 1 saturated carbocycles. The SMILES string of the molecule is CCN(C(=O)COC)c1ccc2c(c1)C(Cc1cnc[nH]1)CCO2.CCN(C(=O)NC)c1ccc2c(c1)/C(=C\c1cnc[nH]1)CCO2.CCN(c1ccc2c(c1)C(Cc1cnc[nH]1)CCO2)S(=O)(=O)C1CC1.CCN(c1ccc2c(c1)C(Cc1cnc[nH]1)CCO2)S(C)(=O)=O. The van der Waals surface area contributed by atoms with Crippen LogP contribution in [0.5, 0.6) is 23.0 Å². The molecule has 506 valence electrons. The largest absolute Gasteiger partial charge is 0.493 e. The number of carbonyl (C=O) groups is 2. The molecule has 1 aliphatic carbocycles. The second-order valence-electron chi connectivity index (χ2n) is 23.7. The van der Waals surface area contributed by atoms with Crippen LogP contribution in [0.2, 0.25) is 0 Å². The number of nitrogens with one attached hydrogen (secondary N) is 5. The summed E-state index contributed by atoms with van der Waals surface area (Å²) in [5.41, 5.74) is 12.9. The van der Waals surface area contributed by atoms with E-state index in [0.717, 1.165) is 143 Å². The number of urea groups is 1. The first-order valence-corrected chi connectivity index (χ1v) is 35.8. The van der Waals surface area contributed by atoms with Crippen molar-refractivity contribution in [1.29, 1.82) is 0 Å². The number of rotatable bonds is 20. The zero-order valence-electron chi connectivity index (χ0n) is 55.0. The average Bonchev–Trinajstić information content (AvgIpc) is 1.76. The molecule has 0 bridgehead atoms. The van der Waals surface area contributed by atoms with Gasteiger partial charge in [0, 0.05) is 99.4 Å².